The van der Waals surface area contributed by atoms with Gasteiger partial charge in [0.25, 0.3) is 5.91 Å². The predicted molar refractivity (Wildman–Crippen MR) is 141 cm³/mol. The SMILES string of the molecule is COc1ccc(-n2cc(/C=C3/SC(=NC4CCCCC4)N(C4CCCCC4)C3=O)cc2C)cc1. The summed E-state index contributed by atoms with van der Waals surface area (Å²) in [6.07, 6.45) is 16.2. The molecule has 1 aromatic heterocycles. The van der Waals surface area contributed by atoms with Crippen LogP contribution >= 0.6 is 11.8 Å². The number of benzene rings is 1. The zero-order chi connectivity index (χ0) is 23.5. The predicted octanol–water partition coefficient (Wildman–Crippen LogP) is 6.73. The van der Waals surface area contributed by atoms with E-state index in [1.165, 1.54) is 38.5 Å². The highest BCUT2D eigenvalue weighted by Gasteiger charge is 2.39. The standard InChI is InChI=1S/C28H35N3O2S/c1-20-17-21(19-30(20)23-13-15-25(33-2)16-14-23)18-26-27(32)31(24-11-7-4-8-12-24)28(34-26)29-22-9-5-3-6-10-22/h13-19,22,24H,3-12H2,1-2H3/b26-18+,29-28?. The molecule has 2 heterocycles. The summed E-state index contributed by atoms with van der Waals surface area (Å²) in [7, 11) is 1.68. The third kappa shape index (κ3) is 4.97. The number of carbonyl (C=O) groups excluding carboxylic acids is 1. The molecule has 1 aromatic carbocycles. The van der Waals surface area contributed by atoms with Crippen molar-refractivity contribution in [3.05, 3.63) is 52.7 Å². The van der Waals surface area contributed by atoms with Crippen molar-refractivity contribution in [1.82, 2.24) is 9.47 Å². The van der Waals surface area contributed by atoms with Crippen LogP contribution in [0.3, 0.4) is 0 Å². The van der Waals surface area contributed by atoms with Crippen molar-refractivity contribution in [2.24, 2.45) is 4.99 Å². The molecule has 2 saturated carbocycles. The van der Waals surface area contributed by atoms with Crippen molar-refractivity contribution in [2.75, 3.05) is 7.11 Å². The minimum atomic E-state index is 0.140. The van der Waals surface area contributed by atoms with Gasteiger partial charge in [-0.1, -0.05) is 38.5 Å². The highest BCUT2D eigenvalue weighted by atomic mass is 32.2. The normalized spacial score (nSPS) is 22.8. The number of nitrogens with zero attached hydrogens (tertiary/aromatic N) is 3. The number of aromatic nitrogens is 1. The molecule has 2 aliphatic carbocycles. The third-order valence-electron chi connectivity index (χ3n) is 7.33. The van der Waals surface area contributed by atoms with Crippen molar-refractivity contribution in [3.63, 3.8) is 0 Å². The van der Waals surface area contributed by atoms with Crippen LogP contribution in [0.25, 0.3) is 11.8 Å². The Morgan fingerprint density at radius 2 is 1.68 bits per heavy atom. The molecule has 34 heavy (non-hydrogen) atoms. The van der Waals surface area contributed by atoms with Gasteiger partial charge in [0, 0.05) is 23.6 Å². The number of methoxy groups -OCH3 is 1. The van der Waals surface area contributed by atoms with Crippen LogP contribution < -0.4 is 4.74 Å². The number of rotatable bonds is 5. The van der Waals surface area contributed by atoms with Crippen LogP contribution in [-0.4, -0.2) is 39.7 Å². The van der Waals surface area contributed by atoms with Gasteiger partial charge in [0.2, 0.25) is 0 Å². The van der Waals surface area contributed by atoms with E-state index in [1.54, 1.807) is 18.9 Å². The van der Waals surface area contributed by atoms with Crippen molar-refractivity contribution in [1.29, 1.82) is 0 Å². The lowest BCUT2D eigenvalue weighted by molar-refractivity contribution is -0.124. The number of amides is 1. The zero-order valence-electron chi connectivity index (χ0n) is 20.3. The van der Waals surface area contributed by atoms with Crippen LogP contribution in [0.1, 0.15) is 75.5 Å². The molecule has 1 saturated heterocycles. The molecule has 5 rings (SSSR count). The van der Waals surface area contributed by atoms with E-state index >= 15 is 0 Å². The maximum Gasteiger partial charge on any atom is 0.267 e. The van der Waals surface area contributed by atoms with Crippen LogP contribution in [-0.2, 0) is 4.79 Å². The van der Waals surface area contributed by atoms with Gasteiger partial charge in [-0.05, 0) is 86.3 Å². The van der Waals surface area contributed by atoms with Gasteiger partial charge in [-0.15, -0.1) is 0 Å². The minimum Gasteiger partial charge on any atom is -0.497 e. The topological polar surface area (TPSA) is 46.8 Å². The second-order valence-corrected chi connectivity index (χ2v) is 10.8. The van der Waals surface area contributed by atoms with Crippen LogP contribution in [0.4, 0.5) is 0 Å². The van der Waals surface area contributed by atoms with Gasteiger partial charge in [0.05, 0.1) is 18.1 Å². The summed E-state index contributed by atoms with van der Waals surface area (Å²) < 4.78 is 7.45. The first-order valence-corrected chi connectivity index (χ1v) is 13.6. The van der Waals surface area contributed by atoms with E-state index < -0.39 is 0 Å². The monoisotopic (exact) mass is 477 g/mol. The van der Waals surface area contributed by atoms with Crippen molar-refractivity contribution in [2.45, 2.75) is 83.2 Å². The lowest BCUT2D eigenvalue weighted by atomic mass is 9.94. The van der Waals surface area contributed by atoms with Crippen molar-refractivity contribution < 1.29 is 9.53 Å². The summed E-state index contributed by atoms with van der Waals surface area (Å²) in [5, 5.41) is 0.946. The molecule has 0 unspecified atom stereocenters. The molecule has 2 aromatic rings. The molecular weight excluding hydrogens is 442 g/mol. The Morgan fingerprint density at radius 3 is 2.35 bits per heavy atom. The van der Waals surface area contributed by atoms with Gasteiger partial charge in [-0.2, -0.15) is 0 Å². The number of hydrogen-bond acceptors (Lipinski definition) is 4. The van der Waals surface area contributed by atoms with Gasteiger partial charge in [0.15, 0.2) is 5.17 Å². The Bertz CT molecular complexity index is 1070. The number of carbonyl (C=O) groups is 1. The average Bonchev–Trinajstić information content (AvgIpc) is 3.39. The molecule has 3 aliphatic rings. The molecule has 0 radical (unpaired) electrons. The summed E-state index contributed by atoms with van der Waals surface area (Å²) >= 11 is 1.59. The van der Waals surface area contributed by atoms with Gasteiger partial charge in [0.1, 0.15) is 5.75 Å². The highest BCUT2D eigenvalue weighted by Crippen LogP contribution is 2.38. The Labute approximate surface area is 207 Å². The lowest BCUT2D eigenvalue weighted by Crippen LogP contribution is -2.41. The van der Waals surface area contributed by atoms with E-state index in [2.05, 4.69) is 46.9 Å². The number of aryl methyl sites for hydroxylation is 1. The summed E-state index contributed by atoms with van der Waals surface area (Å²) in [6, 6.07) is 10.9. The fourth-order valence-corrected chi connectivity index (χ4v) is 6.56. The first-order chi connectivity index (χ1) is 16.6. The van der Waals surface area contributed by atoms with Gasteiger partial charge < -0.3 is 9.30 Å². The van der Waals surface area contributed by atoms with E-state index in [9.17, 15) is 4.79 Å². The summed E-state index contributed by atoms with van der Waals surface area (Å²) in [6.45, 7) is 2.10. The van der Waals surface area contributed by atoms with Gasteiger partial charge in [-0.25, -0.2) is 0 Å². The molecule has 5 nitrogen and oxygen atoms in total. The van der Waals surface area contributed by atoms with E-state index in [0.717, 1.165) is 58.5 Å². The molecule has 1 amide bonds. The molecule has 1 aliphatic heterocycles. The average molecular weight is 478 g/mol. The number of ether oxygens (including phenoxy) is 1. The van der Waals surface area contributed by atoms with Crippen molar-refractivity contribution in [3.8, 4) is 11.4 Å². The highest BCUT2D eigenvalue weighted by molar-refractivity contribution is 8.18. The molecular formula is C28H35N3O2S. The van der Waals surface area contributed by atoms with Crippen LogP contribution in [0.15, 0.2) is 46.4 Å². The maximum absolute atomic E-state index is 13.6. The Kier molecular flexibility index (Phi) is 7.14. The third-order valence-corrected chi connectivity index (χ3v) is 8.32. The molecule has 180 valence electrons. The Balaban J connectivity index is 1.43. The van der Waals surface area contributed by atoms with Gasteiger partial charge in [-0.3, -0.25) is 14.7 Å². The molecule has 0 N–H and O–H groups in total. The summed E-state index contributed by atoms with van der Waals surface area (Å²) in [5.41, 5.74) is 3.26. The second kappa shape index (κ2) is 10.4. The van der Waals surface area contributed by atoms with Crippen LogP contribution in [0.2, 0.25) is 0 Å². The van der Waals surface area contributed by atoms with E-state index in [1.807, 2.05) is 12.1 Å². The largest absolute Gasteiger partial charge is 0.497 e. The Morgan fingerprint density at radius 1 is 1.00 bits per heavy atom. The van der Waals surface area contributed by atoms with Crippen LogP contribution in [0.5, 0.6) is 5.75 Å². The maximum atomic E-state index is 13.6. The van der Waals surface area contributed by atoms with E-state index in [0.29, 0.717) is 12.1 Å². The first-order valence-electron chi connectivity index (χ1n) is 12.8. The minimum absolute atomic E-state index is 0.140. The molecule has 0 spiro atoms. The van der Waals surface area contributed by atoms with Crippen molar-refractivity contribution >= 4 is 28.9 Å². The number of hydrogen-bond donors (Lipinski definition) is 0. The number of aliphatic imine (C=N–C) groups is 1. The zero-order valence-corrected chi connectivity index (χ0v) is 21.2. The van der Waals surface area contributed by atoms with Crippen LogP contribution in [0, 0.1) is 6.92 Å². The fraction of sp³-hybridized carbons (Fsp3) is 0.500. The molecule has 3 fully saturated rings. The smallest absolute Gasteiger partial charge is 0.267 e. The van der Waals surface area contributed by atoms with E-state index in [4.69, 9.17) is 9.73 Å². The molecule has 0 bridgehead atoms. The van der Waals surface area contributed by atoms with Gasteiger partial charge >= 0.3 is 0 Å². The number of amidine groups is 1. The second-order valence-electron chi connectivity index (χ2n) is 9.76. The van der Waals surface area contributed by atoms with E-state index in [-0.39, 0.29) is 5.91 Å². The molecule has 0 atom stereocenters. The fourth-order valence-electron chi connectivity index (χ4n) is 5.45. The summed E-state index contributed by atoms with van der Waals surface area (Å²) in [5.74, 6) is 0.984. The first kappa shape index (κ1) is 23.3. The quantitative estimate of drug-likeness (QED) is 0.449. The summed E-state index contributed by atoms with van der Waals surface area (Å²) in [4.78, 5) is 21.6. The number of thioether (sulfide) groups is 1. The lowest BCUT2D eigenvalue weighted by Gasteiger charge is -2.31. The Hall–Kier alpha value is -2.47. The molecule has 6 heteroatoms.